The first-order chi connectivity index (χ1) is 28.8. The summed E-state index contributed by atoms with van der Waals surface area (Å²) in [6.45, 7) is 9.42. The highest BCUT2D eigenvalue weighted by molar-refractivity contribution is 6.10. The molecule has 0 spiro atoms. The van der Waals surface area contributed by atoms with E-state index in [9.17, 15) is 0 Å². The molecule has 0 saturated heterocycles. The van der Waals surface area contributed by atoms with Gasteiger partial charge in [0.1, 0.15) is 16.7 Å². The average Bonchev–Trinajstić information content (AvgIpc) is 3.98. The Kier molecular flexibility index (Phi) is 7.00. The number of anilines is 3. The Morgan fingerprint density at radius 3 is 1.63 bits per heavy atom. The molecule has 10 aromatic rings. The number of rotatable bonds is 5. The minimum atomic E-state index is -0.120. The van der Waals surface area contributed by atoms with Crippen LogP contribution in [-0.2, 0) is 10.8 Å². The molecule has 2 aliphatic carbocycles. The molecule has 2 heterocycles. The number of oxazole rings is 1. The molecule has 0 fully saturated rings. The van der Waals surface area contributed by atoms with Crippen LogP contribution in [0.25, 0.3) is 77.9 Å². The molecule has 0 amide bonds. The molecule has 0 saturated carbocycles. The fourth-order valence-corrected chi connectivity index (χ4v) is 10.1. The van der Waals surface area contributed by atoms with Crippen molar-refractivity contribution in [3.05, 3.63) is 192 Å². The molecular formula is C55H40N2O2. The van der Waals surface area contributed by atoms with Crippen molar-refractivity contribution in [2.24, 2.45) is 0 Å². The van der Waals surface area contributed by atoms with Crippen LogP contribution >= 0.6 is 0 Å². The molecule has 59 heavy (non-hydrogen) atoms. The summed E-state index contributed by atoms with van der Waals surface area (Å²) >= 11 is 0. The molecule has 4 nitrogen and oxygen atoms in total. The predicted octanol–water partition coefficient (Wildman–Crippen LogP) is 15.1. The number of benzene rings is 8. The number of fused-ring (bicyclic) bond motifs is 10. The number of hydrogen-bond donors (Lipinski definition) is 0. The quantitative estimate of drug-likeness (QED) is 0.175. The molecule has 0 N–H and O–H groups in total. The molecule has 2 aliphatic rings. The van der Waals surface area contributed by atoms with Gasteiger partial charge in [-0.05, 0) is 99.1 Å². The molecular weight excluding hydrogens is 721 g/mol. The van der Waals surface area contributed by atoms with Crippen molar-refractivity contribution >= 4 is 50.1 Å². The largest absolute Gasteiger partial charge is 0.456 e. The second-order valence-electron chi connectivity index (χ2n) is 17.1. The minimum Gasteiger partial charge on any atom is -0.456 e. The van der Waals surface area contributed by atoms with Gasteiger partial charge in [-0.15, -0.1) is 0 Å². The average molecular weight is 761 g/mol. The van der Waals surface area contributed by atoms with Gasteiger partial charge in [-0.1, -0.05) is 137 Å². The van der Waals surface area contributed by atoms with E-state index in [0.29, 0.717) is 11.5 Å². The second kappa shape index (κ2) is 12.2. The highest BCUT2D eigenvalue weighted by Gasteiger charge is 2.40. The van der Waals surface area contributed by atoms with Crippen molar-refractivity contribution in [2.45, 2.75) is 38.5 Å². The first-order valence-electron chi connectivity index (χ1n) is 20.5. The van der Waals surface area contributed by atoms with Crippen LogP contribution in [0.3, 0.4) is 0 Å². The summed E-state index contributed by atoms with van der Waals surface area (Å²) in [4.78, 5) is 7.32. The van der Waals surface area contributed by atoms with E-state index in [-0.39, 0.29) is 10.8 Å². The number of nitrogens with zero attached hydrogens (tertiary/aromatic N) is 2. The highest BCUT2D eigenvalue weighted by Crippen LogP contribution is 2.58. The van der Waals surface area contributed by atoms with Crippen LogP contribution < -0.4 is 4.90 Å². The first-order valence-corrected chi connectivity index (χ1v) is 20.5. The molecule has 0 aliphatic heterocycles. The molecule has 0 unspecified atom stereocenters. The van der Waals surface area contributed by atoms with Crippen LogP contribution in [-0.4, -0.2) is 4.98 Å². The Balaban J connectivity index is 0.991. The Morgan fingerprint density at radius 1 is 0.424 bits per heavy atom. The fraction of sp³-hybridized carbons (Fsp3) is 0.109. The second-order valence-corrected chi connectivity index (χ2v) is 17.1. The third-order valence-corrected chi connectivity index (χ3v) is 13.1. The van der Waals surface area contributed by atoms with Crippen molar-refractivity contribution < 1.29 is 8.83 Å². The van der Waals surface area contributed by atoms with Gasteiger partial charge in [-0.25, -0.2) is 4.98 Å². The summed E-state index contributed by atoms with van der Waals surface area (Å²) in [6, 6.07) is 61.2. The normalized spacial score (nSPS) is 14.4. The van der Waals surface area contributed by atoms with Gasteiger partial charge in [0.2, 0.25) is 5.89 Å². The molecule has 0 bridgehead atoms. The molecule has 2 aromatic heterocycles. The lowest BCUT2D eigenvalue weighted by molar-refractivity contribution is 0.617. The third kappa shape index (κ3) is 4.87. The van der Waals surface area contributed by atoms with E-state index in [4.69, 9.17) is 13.8 Å². The van der Waals surface area contributed by atoms with E-state index in [1.54, 1.807) is 0 Å². The summed E-state index contributed by atoms with van der Waals surface area (Å²) in [5.41, 5.74) is 20.2. The Bertz CT molecular complexity index is 3220. The van der Waals surface area contributed by atoms with Crippen molar-refractivity contribution in [3.63, 3.8) is 0 Å². The van der Waals surface area contributed by atoms with Gasteiger partial charge in [0.15, 0.2) is 5.58 Å². The van der Waals surface area contributed by atoms with Crippen LogP contribution in [0.5, 0.6) is 0 Å². The van der Waals surface area contributed by atoms with E-state index in [2.05, 4.69) is 166 Å². The summed E-state index contributed by atoms with van der Waals surface area (Å²) in [6.07, 6.45) is 0. The number of aromatic nitrogens is 1. The van der Waals surface area contributed by atoms with Crippen LogP contribution in [0.1, 0.15) is 49.9 Å². The molecule has 4 heteroatoms. The minimum absolute atomic E-state index is 0.120. The van der Waals surface area contributed by atoms with Crippen LogP contribution in [0.4, 0.5) is 17.1 Å². The zero-order valence-corrected chi connectivity index (χ0v) is 33.4. The molecule has 0 radical (unpaired) electrons. The van der Waals surface area contributed by atoms with E-state index < -0.39 is 0 Å². The van der Waals surface area contributed by atoms with E-state index in [0.717, 1.165) is 49.8 Å². The molecule has 12 rings (SSSR count). The Labute approximate surface area is 343 Å². The summed E-state index contributed by atoms with van der Waals surface area (Å²) in [7, 11) is 0. The van der Waals surface area contributed by atoms with Crippen molar-refractivity contribution in [1.29, 1.82) is 0 Å². The summed E-state index contributed by atoms with van der Waals surface area (Å²) in [5, 5.41) is 2.08. The van der Waals surface area contributed by atoms with Gasteiger partial charge in [-0.3, -0.25) is 0 Å². The van der Waals surface area contributed by atoms with Crippen LogP contribution in [0.15, 0.2) is 179 Å². The number of hydrogen-bond acceptors (Lipinski definition) is 4. The van der Waals surface area contributed by atoms with Crippen LogP contribution in [0, 0.1) is 0 Å². The van der Waals surface area contributed by atoms with Crippen molar-refractivity contribution in [3.8, 4) is 44.8 Å². The van der Waals surface area contributed by atoms with Gasteiger partial charge >= 0.3 is 0 Å². The standard InChI is InChI=1S/C55H40N2O2/c1-54(2)41-18-10-8-16-38(41)51-43(54)20-12-22-46(51)57(47-23-13-21-44-52(47)39-17-9-11-19-42(39)55(44,3)4)36-27-24-33(25-28-36)35-26-29-37-40-31-45-50(32-49(40)58-48(37)30-35)59-53(56-45)34-14-6-5-7-15-34/h5-32H,1-4H3. The lowest BCUT2D eigenvalue weighted by Crippen LogP contribution is -2.17. The SMILES string of the molecule is CC1(C)c2ccccc2-c2c(N(c3ccc(-c4ccc5c(c4)oc4cc6oc(-c7ccccc7)nc6cc45)cc3)c3cccc4c3-c3ccccc3C4(C)C)cccc21. The van der Waals surface area contributed by atoms with Gasteiger partial charge in [0.25, 0.3) is 0 Å². The monoisotopic (exact) mass is 760 g/mol. The van der Waals surface area contributed by atoms with Gasteiger partial charge in [-0.2, -0.15) is 0 Å². The molecule has 8 aromatic carbocycles. The van der Waals surface area contributed by atoms with E-state index in [1.165, 1.54) is 55.9 Å². The lowest BCUT2D eigenvalue weighted by atomic mass is 9.82. The van der Waals surface area contributed by atoms with E-state index in [1.807, 2.05) is 36.4 Å². The van der Waals surface area contributed by atoms with Crippen molar-refractivity contribution in [1.82, 2.24) is 4.98 Å². The maximum atomic E-state index is 6.50. The maximum absolute atomic E-state index is 6.50. The first kappa shape index (κ1) is 33.9. The Morgan fingerprint density at radius 2 is 0.983 bits per heavy atom. The summed E-state index contributed by atoms with van der Waals surface area (Å²) < 4.78 is 12.7. The highest BCUT2D eigenvalue weighted by atomic mass is 16.4. The fourth-order valence-electron chi connectivity index (χ4n) is 10.1. The maximum Gasteiger partial charge on any atom is 0.227 e. The summed E-state index contributed by atoms with van der Waals surface area (Å²) in [5.74, 6) is 0.609. The van der Waals surface area contributed by atoms with Crippen molar-refractivity contribution in [2.75, 3.05) is 4.90 Å². The third-order valence-electron chi connectivity index (χ3n) is 13.1. The van der Waals surface area contributed by atoms with Gasteiger partial charge in [0.05, 0.1) is 11.4 Å². The lowest BCUT2D eigenvalue weighted by Gasteiger charge is -2.31. The van der Waals surface area contributed by atoms with Gasteiger partial charge in [0, 0.05) is 50.0 Å². The zero-order valence-electron chi connectivity index (χ0n) is 33.4. The predicted molar refractivity (Wildman–Crippen MR) is 242 cm³/mol. The zero-order chi connectivity index (χ0) is 39.6. The van der Waals surface area contributed by atoms with E-state index >= 15 is 0 Å². The topological polar surface area (TPSA) is 42.4 Å². The number of furan rings is 1. The molecule has 0 atom stereocenters. The molecule has 282 valence electrons. The van der Waals surface area contributed by atoms with Gasteiger partial charge < -0.3 is 13.7 Å². The Hall–Kier alpha value is -7.17. The van der Waals surface area contributed by atoms with Crippen LogP contribution in [0.2, 0.25) is 0 Å². The smallest absolute Gasteiger partial charge is 0.227 e.